The maximum Gasteiger partial charge on any atom is 0.225 e. The number of nitrogens with zero attached hydrogens (tertiary/aromatic N) is 6. The number of anilines is 1. The monoisotopic (exact) mass is 452 g/mol. The number of thiophene rings is 1. The SMILES string of the molecule is O=C(C1CCC1)N1CCN(c2nc3cc(Cl)ccc3c3nnc(-c4cccs4)n23)CC1. The van der Waals surface area contributed by atoms with Gasteiger partial charge in [0, 0.05) is 42.5 Å². The molecule has 1 aliphatic carbocycles. The molecule has 0 atom stereocenters. The minimum absolute atomic E-state index is 0.238. The highest BCUT2D eigenvalue weighted by Gasteiger charge is 2.32. The van der Waals surface area contributed by atoms with Crippen molar-refractivity contribution < 1.29 is 4.79 Å². The maximum atomic E-state index is 12.7. The molecule has 4 aromatic rings. The second kappa shape index (κ2) is 7.46. The Hall–Kier alpha value is -2.71. The average molecular weight is 453 g/mol. The van der Waals surface area contributed by atoms with Gasteiger partial charge in [0.2, 0.25) is 11.9 Å². The summed E-state index contributed by atoms with van der Waals surface area (Å²) in [7, 11) is 0. The number of fused-ring (bicyclic) bond motifs is 3. The fraction of sp³-hybridized carbons (Fsp3) is 0.364. The van der Waals surface area contributed by atoms with Crippen LogP contribution in [0.25, 0.3) is 27.3 Å². The zero-order valence-corrected chi connectivity index (χ0v) is 18.4. The van der Waals surface area contributed by atoms with Gasteiger partial charge in [-0.3, -0.25) is 4.79 Å². The normalized spacial score (nSPS) is 17.5. The van der Waals surface area contributed by atoms with E-state index in [9.17, 15) is 4.79 Å². The zero-order valence-electron chi connectivity index (χ0n) is 16.9. The van der Waals surface area contributed by atoms with E-state index in [4.69, 9.17) is 16.6 Å². The molecule has 3 aromatic heterocycles. The van der Waals surface area contributed by atoms with E-state index in [1.54, 1.807) is 11.3 Å². The van der Waals surface area contributed by atoms with Gasteiger partial charge in [-0.25, -0.2) is 9.38 Å². The quantitative estimate of drug-likeness (QED) is 0.468. The van der Waals surface area contributed by atoms with Crippen LogP contribution in [0.15, 0.2) is 35.7 Å². The molecule has 0 bridgehead atoms. The fourth-order valence-corrected chi connectivity index (χ4v) is 5.27. The number of halogens is 1. The summed E-state index contributed by atoms with van der Waals surface area (Å²) >= 11 is 7.89. The Balaban J connectivity index is 1.42. The van der Waals surface area contributed by atoms with Gasteiger partial charge in [-0.1, -0.05) is 24.1 Å². The first-order valence-corrected chi connectivity index (χ1v) is 11.9. The van der Waals surface area contributed by atoms with Crippen LogP contribution in [0.4, 0.5) is 5.95 Å². The number of hydrogen-bond donors (Lipinski definition) is 0. The molecule has 31 heavy (non-hydrogen) atoms. The molecule has 7 nitrogen and oxygen atoms in total. The minimum Gasteiger partial charge on any atom is -0.339 e. The first-order chi connectivity index (χ1) is 15.2. The van der Waals surface area contributed by atoms with Gasteiger partial charge < -0.3 is 9.80 Å². The highest BCUT2D eigenvalue weighted by Crippen LogP contribution is 2.32. The van der Waals surface area contributed by atoms with Crippen molar-refractivity contribution in [3.8, 4) is 10.7 Å². The largest absolute Gasteiger partial charge is 0.339 e. The lowest BCUT2D eigenvalue weighted by atomic mass is 9.84. The molecule has 1 aliphatic heterocycles. The highest BCUT2D eigenvalue weighted by molar-refractivity contribution is 7.13. The predicted octanol–water partition coefficient (Wildman–Crippen LogP) is 4.11. The van der Waals surface area contributed by atoms with Crippen molar-refractivity contribution in [1.29, 1.82) is 0 Å². The summed E-state index contributed by atoms with van der Waals surface area (Å²) in [6.07, 6.45) is 3.26. The molecule has 1 aromatic carbocycles. The molecule has 2 fully saturated rings. The molecule has 158 valence electrons. The van der Waals surface area contributed by atoms with Crippen molar-refractivity contribution in [2.24, 2.45) is 5.92 Å². The lowest BCUT2D eigenvalue weighted by Crippen LogP contribution is -2.51. The number of hydrogen-bond acceptors (Lipinski definition) is 6. The first-order valence-electron chi connectivity index (χ1n) is 10.6. The van der Waals surface area contributed by atoms with Gasteiger partial charge >= 0.3 is 0 Å². The van der Waals surface area contributed by atoms with Crippen LogP contribution in [0.3, 0.4) is 0 Å². The standard InChI is InChI=1S/C22H21ClN6OS/c23-15-6-7-16-17(13-15)24-22(29-19(16)25-26-20(29)18-5-2-12-31-18)28-10-8-27(9-11-28)21(30)14-3-1-4-14/h2,5-7,12-14H,1,3-4,8-11H2. The lowest BCUT2D eigenvalue weighted by Gasteiger charge is -2.38. The van der Waals surface area contributed by atoms with E-state index in [-0.39, 0.29) is 5.92 Å². The van der Waals surface area contributed by atoms with Crippen molar-refractivity contribution in [2.75, 3.05) is 31.1 Å². The van der Waals surface area contributed by atoms with Crippen LogP contribution in [-0.2, 0) is 4.79 Å². The molecule has 6 rings (SSSR count). The minimum atomic E-state index is 0.238. The van der Waals surface area contributed by atoms with Crippen LogP contribution < -0.4 is 4.90 Å². The van der Waals surface area contributed by atoms with E-state index in [1.165, 1.54) is 6.42 Å². The molecule has 0 unspecified atom stereocenters. The van der Waals surface area contributed by atoms with Crippen molar-refractivity contribution >= 4 is 51.3 Å². The molecule has 4 heterocycles. The van der Waals surface area contributed by atoms with Crippen LogP contribution in [0, 0.1) is 5.92 Å². The second-order valence-corrected chi connectivity index (χ2v) is 9.56. The fourth-order valence-electron chi connectivity index (χ4n) is 4.41. The van der Waals surface area contributed by atoms with E-state index < -0.39 is 0 Å². The molecule has 2 aliphatic rings. The van der Waals surface area contributed by atoms with E-state index >= 15 is 0 Å². The predicted molar refractivity (Wildman–Crippen MR) is 123 cm³/mol. The van der Waals surface area contributed by atoms with Crippen LogP contribution in [-0.4, -0.2) is 56.6 Å². The Kier molecular flexibility index (Phi) is 4.57. The van der Waals surface area contributed by atoms with Gasteiger partial charge in [0.15, 0.2) is 11.5 Å². The smallest absolute Gasteiger partial charge is 0.225 e. The Bertz CT molecular complexity index is 1270. The molecule has 1 saturated carbocycles. The van der Waals surface area contributed by atoms with E-state index in [0.717, 1.165) is 59.1 Å². The molecule has 1 saturated heterocycles. The number of carbonyl (C=O) groups is 1. The summed E-state index contributed by atoms with van der Waals surface area (Å²) in [5.41, 5.74) is 1.57. The summed E-state index contributed by atoms with van der Waals surface area (Å²) in [6.45, 7) is 2.88. The van der Waals surface area contributed by atoms with Gasteiger partial charge in [-0.15, -0.1) is 21.5 Å². The number of piperazine rings is 1. The third-order valence-corrected chi connectivity index (χ3v) is 7.46. The number of rotatable bonds is 3. The van der Waals surface area contributed by atoms with E-state index in [0.29, 0.717) is 24.0 Å². The van der Waals surface area contributed by atoms with Gasteiger partial charge in [0.05, 0.1) is 10.4 Å². The zero-order chi connectivity index (χ0) is 20.9. The summed E-state index contributed by atoms with van der Waals surface area (Å²) < 4.78 is 2.05. The average Bonchev–Trinajstić information content (AvgIpc) is 3.41. The number of aromatic nitrogens is 4. The molecule has 0 N–H and O–H groups in total. The van der Waals surface area contributed by atoms with E-state index in [1.807, 2.05) is 45.0 Å². The Labute approximate surface area is 188 Å². The third kappa shape index (κ3) is 3.16. The number of amides is 1. The molecule has 0 radical (unpaired) electrons. The number of benzene rings is 1. The van der Waals surface area contributed by atoms with Crippen LogP contribution in [0.2, 0.25) is 5.02 Å². The van der Waals surface area contributed by atoms with Crippen LogP contribution >= 0.6 is 22.9 Å². The summed E-state index contributed by atoms with van der Waals surface area (Å²) in [4.78, 5) is 23.0. The molecular weight excluding hydrogens is 432 g/mol. The van der Waals surface area contributed by atoms with Crippen molar-refractivity contribution in [2.45, 2.75) is 19.3 Å². The van der Waals surface area contributed by atoms with Crippen LogP contribution in [0.1, 0.15) is 19.3 Å². The molecular formula is C22H21ClN6OS. The second-order valence-electron chi connectivity index (χ2n) is 8.17. The summed E-state index contributed by atoms with van der Waals surface area (Å²) in [5, 5.41) is 12.6. The Morgan fingerprint density at radius 3 is 2.65 bits per heavy atom. The van der Waals surface area contributed by atoms with Gasteiger partial charge in [0.25, 0.3) is 0 Å². The van der Waals surface area contributed by atoms with Gasteiger partial charge in [-0.2, -0.15) is 0 Å². The Morgan fingerprint density at radius 1 is 1.10 bits per heavy atom. The van der Waals surface area contributed by atoms with Gasteiger partial charge in [-0.05, 0) is 42.5 Å². The topological polar surface area (TPSA) is 66.6 Å². The Morgan fingerprint density at radius 2 is 1.94 bits per heavy atom. The highest BCUT2D eigenvalue weighted by atomic mass is 35.5. The van der Waals surface area contributed by atoms with Crippen molar-refractivity contribution in [1.82, 2.24) is 24.5 Å². The van der Waals surface area contributed by atoms with E-state index in [2.05, 4.69) is 15.1 Å². The third-order valence-electron chi connectivity index (χ3n) is 6.35. The van der Waals surface area contributed by atoms with Crippen LogP contribution in [0.5, 0.6) is 0 Å². The van der Waals surface area contributed by atoms with Crippen molar-refractivity contribution in [3.63, 3.8) is 0 Å². The van der Waals surface area contributed by atoms with Gasteiger partial charge in [0.1, 0.15) is 0 Å². The number of carbonyl (C=O) groups excluding carboxylic acids is 1. The summed E-state index contributed by atoms with van der Waals surface area (Å²) in [5.74, 6) is 2.14. The maximum absolute atomic E-state index is 12.7. The molecule has 0 spiro atoms. The molecule has 1 amide bonds. The van der Waals surface area contributed by atoms with Crippen molar-refractivity contribution in [3.05, 3.63) is 40.7 Å². The first kappa shape index (κ1) is 19.0. The lowest BCUT2D eigenvalue weighted by molar-refractivity contribution is -0.138. The summed E-state index contributed by atoms with van der Waals surface area (Å²) in [6, 6.07) is 9.74. The molecule has 9 heteroatoms.